The average Bonchev–Trinajstić information content (AvgIpc) is 2.49. The molecule has 0 spiro atoms. The molecule has 3 heteroatoms. The van der Waals surface area contributed by atoms with Crippen LogP contribution in [0.15, 0.2) is 59.2 Å². The molecule has 0 saturated carbocycles. The number of hydrogen-bond acceptors (Lipinski definition) is 1. The van der Waals surface area contributed by atoms with E-state index in [9.17, 15) is 0 Å². The van der Waals surface area contributed by atoms with E-state index in [0.29, 0.717) is 0 Å². The van der Waals surface area contributed by atoms with Crippen LogP contribution in [0.1, 0.15) is 21.6 Å². The van der Waals surface area contributed by atoms with Gasteiger partial charge in [0.25, 0.3) is 0 Å². The molecule has 0 bridgehead atoms. The Balaban J connectivity index is 1.89. The van der Waals surface area contributed by atoms with E-state index in [-0.39, 0.29) is 4.83 Å². The Hall–Kier alpha value is -1.19. The SMILES string of the molecule is Cc1cccnc1CC(Br)c1ccc2cc(Br)ccc2c1. The Morgan fingerprint density at radius 2 is 1.81 bits per heavy atom. The summed E-state index contributed by atoms with van der Waals surface area (Å²) in [7, 11) is 0. The molecule has 0 aliphatic heterocycles. The number of hydrogen-bond donors (Lipinski definition) is 0. The fourth-order valence-corrected chi connectivity index (χ4v) is 3.42. The summed E-state index contributed by atoms with van der Waals surface area (Å²) in [4.78, 5) is 4.76. The van der Waals surface area contributed by atoms with Crippen molar-refractivity contribution >= 4 is 42.6 Å². The first kappa shape index (κ1) is 14.7. The van der Waals surface area contributed by atoms with E-state index in [1.54, 1.807) is 0 Å². The van der Waals surface area contributed by atoms with Crippen molar-refractivity contribution < 1.29 is 0 Å². The second-order valence-electron chi connectivity index (χ2n) is 5.19. The van der Waals surface area contributed by atoms with Crippen LogP contribution in [0.25, 0.3) is 10.8 Å². The van der Waals surface area contributed by atoms with E-state index in [1.807, 2.05) is 12.3 Å². The first-order valence-electron chi connectivity index (χ1n) is 6.87. The first-order chi connectivity index (χ1) is 10.1. The summed E-state index contributed by atoms with van der Waals surface area (Å²) in [5.41, 5.74) is 3.68. The zero-order valence-corrected chi connectivity index (χ0v) is 14.9. The molecule has 1 atom stereocenters. The zero-order chi connectivity index (χ0) is 14.8. The van der Waals surface area contributed by atoms with Crippen LogP contribution in [0.4, 0.5) is 0 Å². The van der Waals surface area contributed by atoms with Crippen LogP contribution in [-0.2, 0) is 6.42 Å². The van der Waals surface area contributed by atoms with Gasteiger partial charge < -0.3 is 0 Å². The minimum absolute atomic E-state index is 0.277. The Labute approximate surface area is 141 Å². The Morgan fingerprint density at radius 3 is 2.62 bits per heavy atom. The number of rotatable bonds is 3. The van der Waals surface area contributed by atoms with Gasteiger partial charge in [0.1, 0.15) is 0 Å². The quantitative estimate of drug-likeness (QED) is 0.489. The van der Waals surface area contributed by atoms with Crippen LogP contribution in [0.2, 0.25) is 0 Å². The first-order valence-corrected chi connectivity index (χ1v) is 8.58. The van der Waals surface area contributed by atoms with Gasteiger partial charge in [-0.2, -0.15) is 0 Å². The molecular weight excluding hydrogens is 390 g/mol. The van der Waals surface area contributed by atoms with Crippen molar-refractivity contribution in [3.05, 3.63) is 76.0 Å². The molecule has 3 aromatic rings. The van der Waals surface area contributed by atoms with Gasteiger partial charge in [-0.1, -0.05) is 62.2 Å². The van der Waals surface area contributed by atoms with Crippen LogP contribution in [-0.4, -0.2) is 4.98 Å². The lowest BCUT2D eigenvalue weighted by molar-refractivity contribution is 0.893. The number of aryl methyl sites for hydroxylation is 1. The molecule has 1 heterocycles. The Bertz CT molecular complexity index is 783. The highest BCUT2D eigenvalue weighted by molar-refractivity contribution is 9.10. The maximum atomic E-state index is 4.48. The van der Waals surface area contributed by atoms with E-state index in [2.05, 4.69) is 86.2 Å². The lowest BCUT2D eigenvalue weighted by Gasteiger charge is -2.12. The van der Waals surface area contributed by atoms with Gasteiger partial charge in [-0.25, -0.2) is 0 Å². The van der Waals surface area contributed by atoms with Crippen molar-refractivity contribution in [3.8, 4) is 0 Å². The highest BCUT2D eigenvalue weighted by Gasteiger charge is 2.11. The van der Waals surface area contributed by atoms with E-state index >= 15 is 0 Å². The third-order valence-electron chi connectivity index (χ3n) is 3.68. The van der Waals surface area contributed by atoms with E-state index in [1.165, 1.54) is 21.9 Å². The van der Waals surface area contributed by atoms with Crippen molar-refractivity contribution in [2.75, 3.05) is 0 Å². The molecule has 21 heavy (non-hydrogen) atoms. The molecule has 0 fully saturated rings. The van der Waals surface area contributed by atoms with Gasteiger partial charge in [0.05, 0.1) is 0 Å². The number of halogens is 2. The smallest absolute Gasteiger partial charge is 0.0450 e. The monoisotopic (exact) mass is 403 g/mol. The van der Waals surface area contributed by atoms with E-state index < -0.39 is 0 Å². The summed E-state index contributed by atoms with van der Waals surface area (Å²) in [6.45, 7) is 2.11. The lowest BCUT2D eigenvalue weighted by atomic mass is 10.0. The Morgan fingerprint density at radius 1 is 1.05 bits per heavy atom. The molecule has 1 nitrogen and oxygen atoms in total. The topological polar surface area (TPSA) is 12.9 Å². The minimum atomic E-state index is 0.277. The van der Waals surface area contributed by atoms with Crippen molar-refractivity contribution in [2.45, 2.75) is 18.2 Å². The third kappa shape index (κ3) is 3.35. The fourth-order valence-electron chi connectivity index (χ4n) is 2.45. The van der Waals surface area contributed by atoms with E-state index in [4.69, 9.17) is 0 Å². The van der Waals surface area contributed by atoms with E-state index in [0.717, 1.165) is 16.6 Å². The normalized spacial score (nSPS) is 12.5. The highest BCUT2D eigenvalue weighted by Crippen LogP contribution is 2.30. The molecule has 0 aliphatic carbocycles. The average molecular weight is 405 g/mol. The van der Waals surface area contributed by atoms with Crippen LogP contribution < -0.4 is 0 Å². The molecule has 1 unspecified atom stereocenters. The molecule has 0 N–H and O–H groups in total. The van der Waals surface area contributed by atoms with Gasteiger partial charge in [0, 0.05) is 27.6 Å². The predicted molar refractivity (Wildman–Crippen MR) is 96.0 cm³/mol. The fraction of sp³-hybridized carbons (Fsp3) is 0.167. The highest BCUT2D eigenvalue weighted by atomic mass is 79.9. The number of aromatic nitrogens is 1. The van der Waals surface area contributed by atoms with Gasteiger partial charge >= 0.3 is 0 Å². The lowest BCUT2D eigenvalue weighted by Crippen LogP contribution is -2.00. The van der Waals surface area contributed by atoms with Crippen LogP contribution in [0.5, 0.6) is 0 Å². The Kier molecular flexibility index (Phi) is 4.41. The van der Waals surface area contributed by atoms with Gasteiger partial charge in [0.15, 0.2) is 0 Å². The second-order valence-corrected chi connectivity index (χ2v) is 7.21. The molecule has 2 aromatic carbocycles. The van der Waals surface area contributed by atoms with Gasteiger partial charge in [-0.05, 0) is 47.0 Å². The number of alkyl halides is 1. The number of benzene rings is 2. The number of pyridine rings is 1. The third-order valence-corrected chi connectivity index (χ3v) is 5.02. The van der Waals surface area contributed by atoms with Crippen molar-refractivity contribution in [1.29, 1.82) is 0 Å². The minimum Gasteiger partial charge on any atom is -0.261 e. The molecule has 0 radical (unpaired) electrons. The summed E-state index contributed by atoms with van der Waals surface area (Å²) < 4.78 is 1.11. The molecule has 0 aliphatic rings. The summed E-state index contributed by atoms with van der Waals surface area (Å²) >= 11 is 7.32. The van der Waals surface area contributed by atoms with Crippen LogP contribution >= 0.6 is 31.9 Å². The predicted octanol–water partition coefficient (Wildman–Crippen LogP) is 5.98. The molecule has 106 valence electrons. The molecule has 0 amide bonds. The molecule has 1 aromatic heterocycles. The number of nitrogens with zero attached hydrogens (tertiary/aromatic N) is 1. The second kappa shape index (κ2) is 6.29. The van der Waals surface area contributed by atoms with Crippen molar-refractivity contribution in [1.82, 2.24) is 4.98 Å². The number of fused-ring (bicyclic) bond motifs is 1. The maximum Gasteiger partial charge on any atom is 0.0450 e. The largest absolute Gasteiger partial charge is 0.261 e. The van der Waals surface area contributed by atoms with Crippen molar-refractivity contribution in [2.24, 2.45) is 0 Å². The summed E-state index contributed by atoms with van der Waals surface area (Å²) in [5, 5.41) is 2.51. The molecule has 0 saturated heterocycles. The van der Waals surface area contributed by atoms with Crippen LogP contribution in [0, 0.1) is 6.92 Å². The summed E-state index contributed by atoms with van der Waals surface area (Å²) in [5.74, 6) is 0. The van der Waals surface area contributed by atoms with Crippen LogP contribution in [0.3, 0.4) is 0 Å². The van der Waals surface area contributed by atoms with Gasteiger partial charge in [-0.15, -0.1) is 0 Å². The molecule has 3 rings (SSSR count). The maximum absolute atomic E-state index is 4.48. The summed E-state index contributed by atoms with van der Waals surface area (Å²) in [6.07, 6.45) is 2.76. The van der Waals surface area contributed by atoms with Gasteiger partial charge in [-0.3, -0.25) is 4.98 Å². The van der Waals surface area contributed by atoms with Crippen molar-refractivity contribution in [3.63, 3.8) is 0 Å². The molecular formula is C18H15Br2N. The zero-order valence-electron chi connectivity index (χ0n) is 11.7. The van der Waals surface area contributed by atoms with Gasteiger partial charge in [0.2, 0.25) is 0 Å². The standard InChI is InChI=1S/C18H15Br2N/c1-12-3-2-8-21-18(12)11-17(20)15-5-4-14-10-16(19)7-6-13(14)9-15/h2-10,17H,11H2,1H3. The summed E-state index contributed by atoms with van der Waals surface area (Å²) in [6, 6.07) is 17.1.